The molecule has 0 saturated carbocycles. The molecule has 1 N–H and O–H groups in total. The number of nitrogens with zero attached hydrogens (tertiary/aromatic N) is 1. The Kier molecular flexibility index (Phi) is 1.27. The van der Waals surface area contributed by atoms with Crippen LogP contribution in [0.15, 0.2) is 17.0 Å². The molecule has 1 aliphatic rings. The molecule has 3 rings (SSSR count). The lowest BCUT2D eigenvalue weighted by Gasteiger charge is -2.12. The second-order valence-electron chi connectivity index (χ2n) is 2.65. The molecule has 60 valence electrons. The highest BCUT2D eigenvalue weighted by atomic mass is 32.1. The molecule has 12 heavy (non-hydrogen) atoms. The van der Waals surface area contributed by atoms with Crippen LogP contribution in [-0.2, 0) is 6.54 Å². The first kappa shape index (κ1) is 6.62. The maximum absolute atomic E-state index is 4.30. The average Bonchev–Trinajstić information content (AvgIpc) is 2.71. The van der Waals surface area contributed by atoms with E-state index in [-0.39, 0.29) is 0 Å². The Bertz CT molecular complexity index is 376. The van der Waals surface area contributed by atoms with E-state index >= 15 is 0 Å². The van der Waals surface area contributed by atoms with E-state index < -0.39 is 0 Å². The van der Waals surface area contributed by atoms with Crippen LogP contribution in [-0.4, -0.2) is 4.98 Å². The summed E-state index contributed by atoms with van der Waals surface area (Å²) < 4.78 is 0. The van der Waals surface area contributed by atoms with Gasteiger partial charge in [-0.1, -0.05) is 0 Å². The van der Waals surface area contributed by atoms with Gasteiger partial charge in [0.05, 0.1) is 33.2 Å². The molecule has 0 amide bonds. The van der Waals surface area contributed by atoms with E-state index in [9.17, 15) is 0 Å². The van der Waals surface area contributed by atoms with Crippen molar-refractivity contribution in [2.45, 2.75) is 6.54 Å². The van der Waals surface area contributed by atoms with Crippen LogP contribution in [0.25, 0.3) is 9.75 Å². The van der Waals surface area contributed by atoms with E-state index in [1.165, 1.54) is 21.1 Å². The normalized spacial score (nSPS) is 13.3. The van der Waals surface area contributed by atoms with Gasteiger partial charge < -0.3 is 5.32 Å². The lowest BCUT2D eigenvalue weighted by Crippen LogP contribution is -2.04. The van der Waals surface area contributed by atoms with Crippen molar-refractivity contribution in [2.75, 3.05) is 5.32 Å². The Balaban J connectivity index is 2.32. The van der Waals surface area contributed by atoms with E-state index in [1.807, 2.05) is 5.51 Å². The minimum atomic E-state index is 0.878. The molecule has 4 heteroatoms. The number of hydrogen-bond donors (Lipinski definition) is 1. The predicted octanol–water partition coefficient (Wildman–Crippen LogP) is 2.80. The molecule has 3 heterocycles. The summed E-state index contributed by atoms with van der Waals surface area (Å²) in [5.74, 6) is 0. The number of rotatable bonds is 0. The van der Waals surface area contributed by atoms with E-state index in [4.69, 9.17) is 0 Å². The lowest BCUT2D eigenvalue weighted by molar-refractivity contribution is 1.07. The average molecular weight is 194 g/mol. The summed E-state index contributed by atoms with van der Waals surface area (Å²) in [5, 5.41) is 5.46. The van der Waals surface area contributed by atoms with Gasteiger partial charge in [-0.05, 0) is 11.4 Å². The molecule has 2 aromatic heterocycles. The van der Waals surface area contributed by atoms with Crippen LogP contribution < -0.4 is 5.32 Å². The fourth-order valence-electron chi connectivity index (χ4n) is 1.38. The lowest BCUT2D eigenvalue weighted by atomic mass is 10.2. The van der Waals surface area contributed by atoms with Gasteiger partial charge in [-0.15, -0.1) is 22.7 Å². The van der Waals surface area contributed by atoms with Crippen LogP contribution in [0.5, 0.6) is 0 Å². The Morgan fingerprint density at radius 1 is 1.33 bits per heavy atom. The molecule has 1 aliphatic heterocycles. The van der Waals surface area contributed by atoms with Crippen molar-refractivity contribution in [3.63, 3.8) is 0 Å². The summed E-state index contributed by atoms with van der Waals surface area (Å²) in [5.41, 5.74) is 4.37. The van der Waals surface area contributed by atoms with Crippen LogP contribution in [0.3, 0.4) is 0 Å². The van der Waals surface area contributed by atoms with Gasteiger partial charge >= 0.3 is 0 Å². The summed E-state index contributed by atoms with van der Waals surface area (Å²) in [6.45, 7) is 0.878. The Morgan fingerprint density at radius 3 is 3.33 bits per heavy atom. The number of aromatic nitrogens is 1. The molecular formula is C8H6N2S2. The van der Waals surface area contributed by atoms with Crippen LogP contribution in [0.4, 0.5) is 5.69 Å². The first-order valence-corrected chi connectivity index (χ1v) is 5.45. The SMILES string of the molecule is c1cc2c(s1)-c1scnc1CN2. The van der Waals surface area contributed by atoms with Gasteiger partial charge in [0.25, 0.3) is 0 Å². The highest BCUT2D eigenvalue weighted by Gasteiger charge is 2.18. The highest BCUT2D eigenvalue weighted by molar-refractivity contribution is 7.20. The minimum absolute atomic E-state index is 0.878. The largest absolute Gasteiger partial charge is 0.378 e. The maximum Gasteiger partial charge on any atom is 0.0802 e. The Labute approximate surface area is 77.9 Å². The predicted molar refractivity (Wildman–Crippen MR) is 52.8 cm³/mol. The van der Waals surface area contributed by atoms with Crippen molar-refractivity contribution in [1.82, 2.24) is 4.98 Å². The van der Waals surface area contributed by atoms with E-state index in [1.54, 1.807) is 22.7 Å². The van der Waals surface area contributed by atoms with Crippen molar-refractivity contribution in [3.05, 3.63) is 22.7 Å². The van der Waals surface area contributed by atoms with E-state index in [0.717, 1.165) is 6.54 Å². The van der Waals surface area contributed by atoms with Gasteiger partial charge in [-0.3, -0.25) is 0 Å². The summed E-state index contributed by atoms with van der Waals surface area (Å²) in [7, 11) is 0. The van der Waals surface area contributed by atoms with Crippen LogP contribution >= 0.6 is 22.7 Å². The molecule has 0 bridgehead atoms. The number of thiazole rings is 1. The van der Waals surface area contributed by atoms with Gasteiger partial charge in [0.2, 0.25) is 0 Å². The second kappa shape index (κ2) is 2.31. The summed E-state index contributed by atoms with van der Waals surface area (Å²) >= 11 is 3.51. The number of fused-ring (bicyclic) bond motifs is 3. The third-order valence-electron chi connectivity index (χ3n) is 1.96. The molecule has 0 aliphatic carbocycles. The topological polar surface area (TPSA) is 24.9 Å². The fourth-order valence-corrected chi connectivity index (χ4v) is 3.27. The number of hydrogen-bond acceptors (Lipinski definition) is 4. The van der Waals surface area contributed by atoms with E-state index in [2.05, 4.69) is 21.7 Å². The molecule has 0 fully saturated rings. The molecular weight excluding hydrogens is 188 g/mol. The van der Waals surface area contributed by atoms with Gasteiger partial charge in [0, 0.05) is 0 Å². The highest BCUT2D eigenvalue weighted by Crippen LogP contribution is 2.41. The standard InChI is InChI=1S/C8H6N2S2/c1-2-11-7-5(1)9-3-6-8(7)12-4-10-6/h1-2,4,9H,3H2. The molecule has 2 aromatic rings. The number of thiophene rings is 1. The van der Waals surface area contributed by atoms with Gasteiger partial charge in [0.15, 0.2) is 0 Å². The molecule has 0 aromatic carbocycles. The zero-order valence-corrected chi connectivity index (χ0v) is 7.84. The fraction of sp³-hybridized carbons (Fsp3) is 0.125. The van der Waals surface area contributed by atoms with Crippen LogP contribution in [0.2, 0.25) is 0 Å². The van der Waals surface area contributed by atoms with Crippen LogP contribution in [0.1, 0.15) is 5.69 Å². The molecule has 0 spiro atoms. The summed E-state index contributed by atoms with van der Waals surface area (Å²) in [4.78, 5) is 6.99. The molecule has 0 radical (unpaired) electrons. The van der Waals surface area contributed by atoms with Gasteiger partial charge in [0.1, 0.15) is 0 Å². The Morgan fingerprint density at radius 2 is 2.33 bits per heavy atom. The van der Waals surface area contributed by atoms with Gasteiger partial charge in [-0.25, -0.2) is 4.98 Å². The Hall–Kier alpha value is -0.870. The van der Waals surface area contributed by atoms with Crippen molar-refractivity contribution < 1.29 is 0 Å². The van der Waals surface area contributed by atoms with Crippen LogP contribution in [0, 0.1) is 0 Å². The zero-order chi connectivity index (χ0) is 7.97. The third kappa shape index (κ3) is 0.763. The van der Waals surface area contributed by atoms with Crippen molar-refractivity contribution in [1.29, 1.82) is 0 Å². The summed E-state index contributed by atoms with van der Waals surface area (Å²) in [6, 6.07) is 2.13. The molecule has 0 atom stereocenters. The van der Waals surface area contributed by atoms with Crippen molar-refractivity contribution in [3.8, 4) is 9.75 Å². The van der Waals surface area contributed by atoms with E-state index in [0.29, 0.717) is 0 Å². The maximum atomic E-state index is 4.30. The first-order chi connectivity index (χ1) is 5.95. The quantitative estimate of drug-likeness (QED) is 0.697. The second-order valence-corrected chi connectivity index (χ2v) is 4.42. The molecule has 0 unspecified atom stereocenters. The van der Waals surface area contributed by atoms with Crippen molar-refractivity contribution in [2.24, 2.45) is 0 Å². The molecule has 0 saturated heterocycles. The van der Waals surface area contributed by atoms with Crippen molar-refractivity contribution >= 4 is 28.4 Å². The molecule has 2 nitrogen and oxygen atoms in total. The zero-order valence-electron chi connectivity index (χ0n) is 6.20. The summed E-state index contributed by atoms with van der Waals surface area (Å²) in [6.07, 6.45) is 0. The number of anilines is 1. The smallest absolute Gasteiger partial charge is 0.0802 e. The monoisotopic (exact) mass is 194 g/mol. The minimum Gasteiger partial charge on any atom is -0.378 e. The number of nitrogens with one attached hydrogen (secondary N) is 1. The third-order valence-corrected chi connectivity index (χ3v) is 3.91. The first-order valence-electron chi connectivity index (χ1n) is 3.69. The van der Waals surface area contributed by atoms with Gasteiger partial charge in [-0.2, -0.15) is 0 Å².